The number of carbonyl (C=O) groups is 1. The van der Waals surface area contributed by atoms with E-state index >= 15 is 0 Å². The van der Waals surface area contributed by atoms with E-state index in [0.717, 1.165) is 54.7 Å². The number of aryl methyl sites for hydroxylation is 2. The molecule has 0 bridgehead atoms. The van der Waals surface area contributed by atoms with E-state index < -0.39 is 5.60 Å². The Labute approximate surface area is 145 Å². The average Bonchev–Trinajstić information content (AvgIpc) is 2.54. The van der Waals surface area contributed by atoms with Crippen LogP contribution in [0, 0.1) is 19.8 Å². The standard InChI is InChI=1S/C20H31NO3/c1-6-11-24-20(9-7-14(2)8-10-20)19(22)21-17-12-15(3)18(23-5)16(4)13-17/h12-14H,6-11H2,1-5H3,(H,21,22). The second-order valence-electron chi connectivity index (χ2n) is 7.12. The SMILES string of the molecule is CCCOC1(C(=O)Nc2cc(C)c(OC)c(C)c2)CCC(C)CC1. The van der Waals surface area contributed by atoms with Gasteiger partial charge in [0.15, 0.2) is 0 Å². The molecule has 0 saturated heterocycles. The number of benzene rings is 1. The van der Waals surface area contributed by atoms with Crippen LogP contribution in [0.25, 0.3) is 0 Å². The molecule has 4 nitrogen and oxygen atoms in total. The number of hydrogen-bond donors (Lipinski definition) is 1. The Morgan fingerprint density at radius 1 is 1.25 bits per heavy atom. The van der Waals surface area contributed by atoms with Crippen LogP contribution < -0.4 is 10.1 Å². The van der Waals surface area contributed by atoms with Gasteiger partial charge in [-0.05, 0) is 75.1 Å². The average molecular weight is 333 g/mol. The van der Waals surface area contributed by atoms with Crippen LogP contribution in [0.3, 0.4) is 0 Å². The van der Waals surface area contributed by atoms with Crippen LogP contribution in [0.5, 0.6) is 5.75 Å². The van der Waals surface area contributed by atoms with Gasteiger partial charge in [-0.15, -0.1) is 0 Å². The third-order valence-electron chi connectivity index (χ3n) is 5.00. The van der Waals surface area contributed by atoms with Gasteiger partial charge in [0.25, 0.3) is 5.91 Å². The fourth-order valence-electron chi connectivity index (χ4n) is 3.55. The normalized spacial score (nSPS) is 23.8. The molecule has 0 atom stereocenters. The molecule has 0 radical (unpaired) electrons. The van der Waals surface area contributed by atoms with Crippen molar-refractivity contribution in [2.24, 2.45) is 5.92 Å². The van der Waals surface area contributed by atoms with Crippen molar-refractivity contribution in [2.45, 2.75) is 65.4 Å². The Hall–Kier alpha value is -1.55. The Morgan fingerprint density at radius 2 is 1.83 bits per heavy atom. The summed E-state index contributed by atoms with van der Waals surface area (Å²) in [5, 5.41) is 3.09. The molecule has 0 spiro atoms. The molecule has 1 aliphatic carbocycles. The molecule has 0 aliphatic heterocycles. The molecule has 1 amide bonds. The largest absolute Gasteiger partial charge is 0.496 e. The first-order chi connectivity index (χ1) is 11.4. The summed E-state index contributed by atoms with van der Waals surface area (Å²) >= 11 is 0. The summed E-state index contributed by atoms with van der Waals surface area (Å²) in [6, 6.07) is 3.92. The molecular formula is C20H31NO3. The number of hydrogen-bond acceptors (Lipinski definition) is 3. The summed E-state index contributed by atoms with van der Waals surface area (Å²) in [4.78, 5) is 13.0. The van der Waals surface area contributed by atoms with Crippen LogP contribution in [0.4, 0.5) is 5.69 Å². The maximum Gasteiger partial charge on any atom is 0.256 e. The lowest BCUT2D eigenvalue weighted by atomic mass is 9.78. The molecule has 1 saturated carbocycles. The first-order valence-corrected chi connectivity index (χ1v) is 9.02. The molecule has 1 fully saturated rings. The van der Waals surface area contributed by atoms with E-state index in [0.29, 0.717) is 12.5 Å². The van der Waals surface area contributed by atoms with Gasteiger partial charge in [-0.2, -0.15) is 0 Å². The number of anilines is 1. The maximum atomic E-state index is 13.0. The Kier molecular flexibility index (Phi) is 6.27. The van der Waals surface area contributed by atoms with E-state index in [1.807, 2.05) is 26.0 Å². The molecule has 1 aromatic rings. The Morgan fingerprint density at radius 3 is 2.33 bits per heavy atom. The fraction of sp³-hybridized carbons (Fsp3) is 0.650. The van der Waals surface area contributed by atoms with Crippen molar-refractivity contribution < 1.29 is 14.3 Å². The third kappa shape index (κ3) is 4.10. The summed E-state index contributed by atoms with van der Waals surface area (Å²) < 4.78 is 11.5. The van der Waals surface area contributed by atoms with Crippen molar-refractivity contribution in [1.29, 1.82) is 0 Å². The van der Waals surface area contributed by atoms with Crippen LogP contribution in [0.15, 0.2) is 12.1 Å². The zero-order chi connectivity index (χ0) is 17.7. The predicted molar refractivity (Wildman–Crippen MR) is 97.7 cm³/mol. The lowest BCUT2D eigenvalue weighted by molar-refractivity contribution is -0.147. The van der Waals surface area contributed by atoms with Gasteiger partial charge in [0.1, 0.15) is 11.4 Å². The van der Waals surface area contributed by atoms with Crippen LogP contribution >= 0.6 is 0 Å². The molecule has 1 aliphatic rings. The molecule has 2 rings (SSSR count). The van der Waals surface area contributed by atoms with Gasteiger partial charge < -0.3 is 14.8 Å². The number of carbonyl (C=O) groups excluding carboxylic acids is 1. The van der Waals surface area contributed by atoms with Gasteiger partial charge in [-0.3, -0.25) is 4.79 Å². The zero-order valence-corrected chi connectivity index (χ0v) is 15.7. The van der Waals surface area contributed by atoms with E-state index in [2.05, 4.69) is 19.2 Å². The quantitative estimate of drug-likeness (QED) is 0.826. The molecule has 0 heterocycles. The van der Waals surface area contributed by atoms with Gasteiger partial charge in [-0.1, -0.05) is 13.8 Å². The lowest BCUT2D eigenvalue weighted by Gasteiger charge is -2.38. The minimum atomic E-state index is -0.676. The number of nitrogens with one attached hydrogen (secondary N) is 1. The molecule has 1 N–H and O–H groups in total. The summed E-state index contributed by atoms with van der Waals surface area (Å²) in [6.07, 6.45) is 4.60. The predicted octanol–water partition coefficient (Wildman–Crippen LogP) is 4.63. The van der Waals surface area contributed by atoms with E-state index in [1.165, 1.54) is 0 Å². The van der Waals surface area contributed by atoms with Crippen molar-refractivity contribution in [1.82, 2.24) is 0 Å². The molecule has 0 unspecified atom stereocenters. The van der Waals surface area contributed by atoms with Crippen molar-refractivity contribution in [3.05, 3.63) is 23.3 Å². The highest BCUT2D eigenvalue weighted by molar-refractivity contribution is 5.97. The van der Waals surface area contributed by atoms with Gasteiger partial charge in [0.2, 0.25) is 0 Å². The van der Waals surface area contributed by atoms with Crippen LogP contribution in [0.2, 0.25) is 0 Å². The fourth-order valence-corrected chi connectivity index (χ4v) is 3.55. The van der Waals surface area contributed by atoms with Crippen LogP contribution in [-0.4, -0.2) is 25.2 Å². The molecule has 24 heavy (non-hydrogen) atoms. The molecular weight excluding hydrogens is 302 g/mol. The monoisotopic (exact) mass is 333 g/mol. The maximum absolute atomic E-state index is 13.0. The number of methoxy groups -OCH3 is 1. The van der Waals surface area contributed by atoms with Crippen molar-refractivity contribution >= 4 is 11.6 Å². The number of amides is 1. The number of rotatable bonds is 6. The highest BCUT2D eigenvalue weighted by Crippen LogP contribution is 2.36. The molecule has 4 heteroatoms. The summed E-state index contributed by atoms with van der Waals surface area (Å²) in [7, 11) is 1.67. The Bertz CT molecular complexity index is 546. The van der Waals surface area contributed by atoms with E-state index in [1.54, 1.807) is 7.11 Å². The summed E-state index contributed by atoms with van der Waals surface area (Å²) in [5.74, 6) is 1.53. The summed E-state index contributed by atoms with van der Waals surface area (Å²) in [6.45, 7) is 8.94. The minimum absolute atomic E-state index is 0.00758. The highest BCUT2D eigenvalue weighted by atomic mass is 16.5. The third-order valence-corrected chi connectivity index (χ3v) is 5.00. The Balaban J connectivity index is 2.18. The minimum Gasteiger partial charge on any atom is -0.496 e. The molecule has 1 aromatic carbocycles. The van der Waals surface area contributed by atoms with Gasteiger partial charge in [0, 0.05) is 12.3 Å². The van der Waals surface area contributed by atoms with Gasteiger partial charge in [0.05, 0.1) is 7.11 Å². The topological polar surface area (TPSA) is 47.6 Å². The van der Waals surface area contributed by atoms with Crippen LogP contribution in [0.1, 0.15) is 57.1 Å². The molecule has 134 valence electrons. The smallest absolute Gasteiger partial charge is 0.256 e. The second kappa shape index (κ2) is 8.02. The van der Waals surface area contributed by atoms with E-state index in [-0.39, 0.29) is 5.91 Å². The lowest BCUT2D eigenvalue weighted by Crippen LogP contribution is -2.48. The van der Waals surface area contributed by atoms with Crippen LogP contribution in [-0.2, 0) is 9.53 Å². The van der Waals surface area contributed by atoms with Crippen molar-refractivity contribution in [3.8, 4) is 5.75 Å². The summed E-state index contributed by atoms with van der Waals surface area (Å²) in [5.41, 5.74) is 2.18. The first-order valence-electron chi connectivity index (χ1n) is 9.02. The highest BCUT2D eigenvalue weighted by Gasteiger charge is 2.42. The van der Waals surface area contributed by atoms with E-state index in [4.69, 9.17) is 9.47 Å². The second-order valence-corrected chi connectivity index (χ2v) is 7.12. The van der Waals surface area contributed by atoms with E-state index in [9.17, 15) is 4.79 Å². The zero-order valence-electron chi connectivity index (χ0n) is 15.7. The number of ether oxygens (including phenoxy) is 2. The van der Waals surface area contributed by atoms with Crippen molar-refractivity contribution in [2.75, 3.05) is 19.0 Å². The molecule has 0 aromatic heterocycles. The van der Waals surface area contributed by atoms with Crippen molar-refractivity contribution in [3.63, 3.8) is 0 Å². The first kappa shape index (κ1) is 18.8. The van der Waals surface area contributed by atoms with Gasteiger partial charge in [-0.25, -0.2) is 0 Å². The van der Waals surface area contributed by atoms with Gasteiger partial charge >= 0.3 is 0 Å².